The number of halogens is 1. The molecule has 2 aromatic heterocycles. The van der Waals surface area contributed by atoms with Crippen LogP contribution in [-0.4, -0.2) is 43.6 Å². The number of hydrogen-bond acceptors (Lipinski definition) is 7. The number of carboxylic acids is 1. The van der Waals surface area contributed by atoms with Gasteiger partial charge in [0.15, 0.2) is 0 Å². The maximum atomic E-state index is 11.1. The number of furan rings is 1. The summed E-state index contributed by atoms with van der Waals surface area (Å²) in [6, 6.07) is 8.19. The van der Waals surface area contributed by atoms with Crippen LogP contribution in [0.2, 0.25) is 5.02 Å². The van der Waals surface area contributed by atoms with E-state index < -0.39 is 5.97 Å². The van der Waals surface area contributed by atoms with Crippen molar-refractivity contribution in [3.8, 4) is 11.3 Å². The molecule has 0 saturated carbocycles. The number of carboxylic acid groups (broad SMARTS) is 1. The fraction of sp³-hybridized carbons (Fsp3) is 0.294. The van der Waals surface area contributed by atoms with Crippen LogP contribution < -0.4 is 5.32 Å². The van der Waals surface area contributed by atoms with Gasteiger partial charge in [-0.15, -0.1) is 5.10 Å². The molecule has 27 heavy (non-hydrogen) atoms. The van der Waals surface area contributed by atoms with Crippen LogP contribution in [0.25, 0.3) is 11.3 Å². The molecule has 0 aliphatic rings. The van der Waals surface area contributed by atoms with Gasteiger partial charge in [0.2, 0.25) is 5.16 Å². The monoisotopic (exact) mass is 407 g/mol. The molecule has 0 spiro atoms. The summed E-state index contributed by atoms with van der Waals surface area (Å²) in [4.78, 5) is 11.1. The van der Waals surface area contributed by atoms with E-state index in [4.69, 9.17) is 21.1 Å². The molecule has 10 heteroatoms. The average Bonchev–Trinajstić information content (AvgIpc) is 3.27. The fourth-order valence-corrected chi connectivity index (χ4v) is 3.38. The predicted octanol–water partition coefficient (Wildman–Crippen LogP) is 3.09. The third-order valence-corrected chi connectivity index (χ3v) is 5.18. The van der Waals surface area contributed by atoms with Crippen molar-refractivity contribution < 1.29 is 14.3 Å². The molecule has 0 atom stereocenters. The van der Waals surface area contributed by atoms with Crippen molar-refractivity contribution in [1.82, 2.24) is 25.5 Å². The van der Waals surface area contributed by atoms with Crippen molar-refractivity contribution in [3.05, 3.63) is 46.7 Å². The predicted molar refractivity (Wildman–Crippen MR) is 102 cm³/mol. The summed E-state index contributed by atoms with van der Waals surface area (Å²) in [6.45, 7) is 1.40. The van der Waals surface area contributed by atoms with Crippen molar-refractivity contribution in [2.24, 2.45) is 7.05 Å². The van der Waals surface area contributed by atoms with Crippen LogP contribution in [0.3, 0.4) is 0 Å². The Morgan fingerprint density at radius 3 is 2.96 bits per heavy atom. The Bertz CT molecular complexity index is 927. The molecule has 3 aromatic rings. The average molecular weight is 408 g/mol. The lowest BCUT2D eigenvalue weighted by atomic mass is 10.1. The molecule has 0 bridgehead atoms. The van der Waals surface area contributed by atoms with E-state index in [1.165, 1.54) is 12.1 Å². The van der Waals surface area contributed by atoms with Gasteiger partial charge < -0.3 is 14.8 Å². The Labute approximate surface area is 164 Å². The summed E-state index contributed by atoms with van der Waals surface area (Å²) in [7, 11) is 1.81. The summed E-state index contributed by atoms with van der Waals surface area (Å²) >= 11 is 7.78. The summed E-state index contributed by atoms with van der Waals surface area (Å²) in [5.41, 5.74) is 0.734. The molecule has 0 aliphatic carbocycles. The standard InChI is InChI=1S/C17H18ClN5O3S/c1-23-17(20-21-22-23)27-8-2-7-19-10-12-4-6-15(26-12)13-9-11(16(24)25)3-5-14(13)18/h3-6,9,19H,2,7-8,10H2,1H3,(H,24,25). The number of nitrogens with zero attached hydrogens (tertiary/aromatic N) is 4. The summed E-state index contributed by atoms with van der Waals surface area (Å²) in [6.07, 6.45) is 0.956. The first kappa shape index (κ1) is 19.4. The number of hydrogen-bond donors (Lipinski definition) is 2. The number of tetrazole rings is 1. The highest BCUT2D eigenvalue weighted by molar-refractivity contribution is 7.99. The number of carbonyl (C=O) groups is 1. The minimum absolute atomic E-state index is 0.168. The lowest BCUT2D eigenvalue weighted by Crippen LogP contribution is -2.14. The lowest BCUT2D eigenvalue weighted by Gasteiger charge is -2.04. The van der Waals surface area contributed by atoms with E-state index in [1.807, 2.05) is 13.1 Å². The Morgan fingerprint density at radius 2 is 2.22 bits per heavy atom. The van der Waals surface area contributed by atoms with Crippen LogP contribution in [-0.2, 0) is 13.6 Å². The Morgan fingerprint density at radius 1 is 1.37 bits per heavy atom. The second kappa shape index (κ2) is 9.03. The van der Waals surface area contributed by atoms with Gasteiger partial charge in [-0.25, -0.2) is 9.48 Å². The zero-order valence-corrected chi connectivity index (χ0v) is 16.1. The van der Waals surface area contributed by atoms with Gasteiger partial charge in [0, 0.05) is 18.4 Å². The van der Waals surface area contributed by atoms with Gasteiger partial charge in [-0.2, -0.15) is 0 Å². The van der Waals surface area contributed by atoms with E-state index in [9.17, 15) is 4.79 Å². The van der Waals surface area contributed by atoms with E-state index in [-0.39, 0.29) is 5.56 Å². The first-order valence-corrected chi connectivity index (χ1v) is 9.59. The van der Waals surface area contributed by atoms with Crippen LogP contribution in [0.15, 0.2) is 39.9 Å². The Kier molecular flexibility index (Phi) is 6.49. The zero-order chi connectivity index (χ0) is 19.2. The van der Waals surface area contributed by atoms with E-state index in [2.05, 4.69) is 20.8 Å². The zero-order valence-electron chi connectivity index (χ0n) is 14.6. The molecule has 0 amide bonds. The quantitative estimate of drug-likeness (QED) is 0.411. The molecule has 142 valence electrons. The maximum absolute atomic E-state index is 11.1. The van der Waals surface area contributed by atoms with E-state index in [0.29, 0.717) is 22.9 Å². The fourth-order valence-electron chi connectivity index (χ4n) is 2.38. The van der Waals surface area contributed by atoms with Crippen molar-refractivity contribution in [2.45, 2.75) is 18.1 Å². The van der Waals surface area contributed by atoms with Crippen molar-refractivity contribution in [2.75, 3.05) is 12.3 Å². The second-order valence-electron chi connectivity index (χ2n) is 5.73. The van der Waals surface area contributed by atoms with Gasteiger partial charge in [-0.1, -0.05) is 23.4 Å². The van der Waals surface area contributed by atoms with Gasteiger partial charge in [0.1, 0.15) is 11.5 Å². The summed E-state index contributed by atoms with van der Waals surface area (Å²) in [5.74, 6) is 1.20. The van der Waals surface area contributed by atoms with Gasteiger partial charge in [-0.05, 0) is 53.7 Å². The van der Waals surface area contributed by atoms with Crippen LogP contribution in [0.4, 0.5) is 0 Å². The Hall–Kier alpha value is -2.36. The third kappa shape index (κ3) is 5.09. The summed E-state index contributed by atoms with van der Waals surface area (Å²) < 4.78 is 7.44. The molecule has 1 aromatic carbocycles. The Balaban J connectivity index is 1.48. The number of nitrogens with one attached hydrogen (secondary N) is 1. The van der Waals surface area contributed by atoms with Crippen molar-refractivity contribution in [1.29, 1.82) is 0 Å². The minimum atomic E-state index is -1.00. The number of aromatic carboxylic acids is 1. The molecule has 2 heterocycles. The molecular weight excluding hydrogens is 390 g/mol. The highest BCUT2D eigenvalue weighted by Crippen LogP contribution is 2.30. The smallest absolute Gasteiger partial charge is 0.335 e. The molecule has 0 saturated heterocycles. The maximum Gasteiger partial charge on any atom is 0.335 e. The van der Waals surface area contributed by atoms with Crippen LogP contribution >= 0.6 is 23.4 Å². The van der Waals surface area contributed by atoms with E-state index in [1.54, 1.807) is 28.6 Å². The van der Waals surface area contributed by atoms with Crippen LogP contribution in [0.1, 0.15) is 22.5 Å². The molecule has 0 aliphatic heterocycles. The highest BCUT2D eigenvalue weighted by atomic mass is 35.5. The number of aromatic nitrogens is 4. The number of thioether (sulfide) groups is 1. The molecule has 2 N–H and O–H groups in total. The molecular formula is C17H18ClN5O3S. The lowest BCUT2D eigenvalue weighted by molar-refractivity contribution is 0.0697. The molecule has 0 radical (unpaired) electrons. The molecule has 0 fully saturated rings. The second-order valence-corrected chi connectivity index (χ2v) is 7.20. The number of aryl methyl sites for hydroxylation is 1. The van der Waals surface area contributed by atoms with Crippen molar-refractivity contribution >= 4 is 29.3 Å². The number of rotatable bonds is 9. The SMILES string of the molecule is Cn1nnnc1SCCCNCc1ccc(-c2cc(C(=O)O)ccc2Cl)o1. The topological polar surface area (TPSA) is 106 Å². The summed E-state index contributed by atoms with van der Waals surface area (Å²) in [5, 5.41) is 25.0. The van der Waals surface area contributed by atoms with Gasteiger partial charge in [-0.3, -0.25) is 0 Å². The normalized spacial score (nSPS) is 11.0. The molecule has 8 nitrogen and oxygen atoms in total. The van der Waals surface area contributed by atoms with Gasteiger partial charge in [0.25, 0.3) is 0 Å². The third-order valence-electron chi connectivity index (χ3n) is 3.75. The van der Waals surface area contributed by atoms with E-state index >= 15 is 0 Å². The van der Waals surface area contributed by atoms with Crippen LogP contribution in [0.5, 0.6) is 0 Å². The first-order valence-electron chi connectivity index (χ1n) is 8.22. The van der Waals surface area contributed by atoms with Crippen LogP contribution in [0, 0.1) is 0 Å². The van der Waals surface area contributed by atoms with Gasteiger partial charge >= 0.3 is 5.97 Å². The number of benzene rings is 1. The van der Waals surface area contributed by atoms with Gasteiger partial charge in [0.05, 0.1) is 17.1 Å². The molecule has 0 unspecified atom stereocenters. The van der Waals surface area contributed by atoms with Crippen molar-refractivity contribution in [3.63, 3.8) is 0 Å². The highest BCUT2D eigenvalue weighted by Gasteiger charge is 2.12. The molecule has 3 rings (SSSR count). The largest absolute Gasteiger partial charge is 0.478 e. The van der Waals surface area contributed by atoms with E-state index in [0.717, 1.165) is 29.6 Å². The first-order chi connectivity index (χ1) is 13.0. The minimum Gasteiger partial charge on any atom is -0.478 e.